The van der Waals surface area contributed by atoms with Gasteiger partial charge in [0.05, 0.1) is 10.6 Å². The van der Waals surface area contributed by atoms with Crippen molar-refractivity contribution in [1.29, 1.82) is 0 Å². The van der Waals surface area contributed by atoms with E-state index in [4.69, 9.17) is 5.73 Å². The van der Waals surface area contributed by atoms with Crippen LogP contribution < -0.4 is 11.1 Å². The van der Waals surface area contributed by atoms with E-state index in [0.29, 0.717) is 11.4 Å². The number of para-hydroxylation sites is 1. The monoisotopic (exact) mass is 383 g/mol. The molecule has 0 saturated heterocycles. The van der Waals surface area contributed by atoms with Gasteiger partial charge < -0.3 is 11.1 Å². The molecule has 0 heterocycles. The molecule has 2 aromatic rings. The number of carbonyl (C=O) groups is 1. The van der Waals surface area contributed by atoms with Crippen LogP contribution in [0.3, 0.4) is 0 Å². The number of nitrogen functional groups attached to an aromatic ring is 1. The zero-order valence-corrected chi connectivity index (χ0v) is 12.3. The van der Waals surface area contributed by atoms with Crippen LogP contribution in [-0.4, -0.2) is 10.8 Å². The molecule has 0 unspecified atom stereocenters. The van der Waals surface area contributed by atoms with Gasteiger partial charge >= 0.3 is 0 Å². The topological polar surface area (TPSA) is 98.3 Å². The van der Waals surface area contributed by atoms with Gasteiger partial charge in [0.2, 0.25) is 0 Å². The molecule has 0 aliphatic rings. The molecule has 20 heavy (non-hydrogen) atoms. The highest BCUT2D eigenvalue weighted by atomic mass is 127. The molecule has 102 valence electrons. The highest BCUT2D eigenvalue weighted by molar-refractivity contribution is 14.1. The van der Waals surface area contributed by atoms with E-state index in [-0.39, 0.29) is 11.3 Å². The summed E-state index contributed by atoms with van der Waals surface area (Å²) >= 11 is 2.07. The number of amides is 1. The second-order valence-electron chi connectivity index (χ2n) is 3.97. The highest BCUT2D eigenvalue weighted by Gasteiger charge is 2.20. The second-order valence-corrected chi connectivity index (χ2v) is 5.13. The van der Waals surface area contributed by atoms with Crippen molar-refractivity contribution in [2.45, 2.75) is 0 Å². The van der Waals surface area contributed by atoms with Gasteiger partial charge in [0.15, 0.2) is 0 Å². The number of nitrogens with two attached hydrogens (primary N) is 1. The Kier molecular flexibility index (Phi) is 4.18. The maximum absolute atomic E-state index is 12.2. The fraction of sp³-hybridized carbons (Fsp3) is 0. The minimum atomic E-state index is -0.607. The van der Waals surface area contributed by atoms with Crippen LogP contribution in [0.2, 0.25) is 0 Å². The van der Waals surface area contributed by atoms with Crippen LogP contribution in [0.25, 0.3) is 0 Å². The zero-order valence-electron chi connectivity index (χ0n) is 10.2. The molecule has 1 amide bonds. The Balaban J connectivity index is 2.37. The van der Waals surface area contributed by atoms with Gasteiger partial charge in [-0.3, -0.25) is 14.9 Å². The van der Waals surface area contributed by atoms with E-state index >= 15 is 0 Å². The third-order valence-corrected chi connectivity index (χ3v) is 3.52. The summed E-state index contributed by atoms with van der Waals surface area (Å²) < 4.78 is 0.838. The Morgan fingerprint density at radius 3 is 2.60 bits per heavy atom. The summed E-state index contributed by atoms with van der Waals surface area (Å²) in [6.07, 6.45) is 0. The molecule has 2 aromatic carbocycles. The zero-order chi connectivity index (χ0) is 14.7. The number of benzene rings is 2. The molecule has 3 N–H and O–H groups in total. The van der Waals surface area contributed by atoms with E-state index in [1.807, 2.05) is 12.1 Å². The normalized spacial score (nSPS) is 10.1. The third kappa shape index (κ3) is 3.05. The number of nitrogens with zero attached hydrogens (tertiary/aromatic N) is 1. The van der Waals surface area contributed by atoms with Crippen molar-refractivity contribution in [1.82, 2.24) is 0 Å². The Bertz CT molecular complexity index is 688. The molecule has 0 atom stereocenters. The van der Waals surface area contributed by atoms with Crippen LogP contribution >= 0.6 is 22.6 Å². The summed E-state index contributed by atoms with van der Waals surface area (Å²) in [6.45, 7) is 0. The average molecular weight is 383 g/mol. The van der Waals surface area contributed by atoms with Gasteiger partial charge in [-0.15, -0.1) is 0 Å². The van der Waals surface area contributed by atoms with E-state index in [1.165, 1.54) is 18.2 Å². The summed E-state index contributed by atoms with van der Waals surface area (Å²) in [4.78, 5) is 22.5. The van der Waals surface area contributed by atoms with Gasteiger partial charge in [-0.05, 0) is 46.9 Å². The quantitative estimate of drug-likeness (QED) is 0.368. The van der Waals surface area contributed by atoms with Crippen molar-refractivity contribution in [3.05, 3.63) is 61.7 Å². The third-order valence-electron chi connectivity index (χ3n) is 2.58. The first kappa shape index (κ1) is 14.3. The van der Waals surface area contributed by atoms with Crippen molar-refractivity contribution in [3.8, 4) is 0 Å². The first-order valence-corrected chi connectivity index (χ1v) is 6.66. The molecule has 0 saturated carbocycles. The Labute approximate surface area is 128 Å². The number of anilines is 2. The summed E-state index contributed by atoms with van der Waals surface area (Å²) in [5.41, 5.74) is 6.14. The maximum Gasteiger partial charge on any atom is 0.282 e. The lowest BCUT2D eigenvalue weighted by Gasteiger charge is -2.08. The van der Waals surface area contributed by atoms with Crippen molar-refractivity contribution in [3.63, 3.8) is 0 Å². The molecule has 0 aliphatic heterocycles. The molecule has 0 aliphatic carbocycles. The van der Waals surface area contributed by atoms with E-state index < -0.39 is 10.8 Å². The first-order chi connectivity index (χ1) is 9.49. The van der Waals surface area contributed by atoms with E-state index in [2.05, 4.69) is 27.9 Å². The van der Waals surface area contributed by atoms with E-state index in [0.717, 1.165) is 3.57 Å². The van der Waals surface area contributed by atoms with Crippen molar-refractivity contribution >= 4 is 45.6 Å². The lowest BCUT2D eigenvalue weighted by atomic mass is 10.1. The lowest BCUT2D eigenvalue weighted by Crippen LogP contribution is -2.15. The molecule has 0 radical (unpaired) electrons. The van der Waals surface area contributed by atoms with E-state index in [9.17, 15) is 14.9 Å². The smallest absolute Gasteiger partial charge is 0.282 e. The molecular weight excluding hydrogens is 373 g/mol. The number of rotatable bonds is 3. The highest BCUT2D eigenvalue weighted by Crippen LogP contribution is 2.24. The SMILES string of the molecule is Nc1ccc([N+](=O)[O-])c(C(=O)Nc2ccccc2I)c1. The van der Waals surface area contributed by atoms with Crippen LogP contribution in [0, 0.1) is 13.7 Å². The largest absolute Gasteiger partial charge is 0.399 e. The maximum atomic E-state index is 12.2. The van der Waals surface area contributed by atoms with Crippen LogP contribution in [0.5, 0.6) is 0 Å². The van der Waals surface area contributed by atoms with Gasteiger partial charge in [-0.1, -0.05) is 12.1 Å². The number of nitro groups is 1. The predicted octanol–water partition coefficient (Wildman–Crippen LogP) is 3.03. The molecule has 0 fully saturated rings. The van der Waals surface area contributed by atoms with Gasteiger partial charge in [0.1, 0.15) is 5.56 Å². The standard InChI is InChI=1S/C13H10IN3O3/c14-10-3-1-2-4-11(10)16-13(18)9-7-8(15)5-6-12(9)17(19)20/h1-7H,15H2,(H,16,18). The van der Waals surface area contributed by atoms with Crippen molar-refractivity contribution in [2.75, 3.05) is 11.1 Å². The number of halogens is 1. The molecule has 2 rings (SSSR count). The molecule has 0 aromatic heterocycles. The lowest BCUT2D eigenvalue weighted by molar-refractivity contribution is -0.385. The molecule has 0 bridgehead atoms. The van der Waals surface area contributed by atoms with Crippen LogP contribution in [0.15, 0.2) is 42.5 Å². The van der Waals surface area contributed by atoms with Crippen LogP contribution in [0.4, 0.5) is 17.1 Å². The summed E-state index contributed by atoms with van der Waals surface area (Å²) in [5.74, 6) is -0.562. The number of carbonyl (C=O) groups excluding carboxylic acids is 1. The summed E-state index contributed by atoms with van der Waals surface area (Å²) in [6, 6.07) is 11.1. The number of hydrogen-bond acceptors (Lipinski definition) is 4. The molecule has 6 nitrogen and oxygen atoms in total. The Hall–Kier alpha value is -2.16. The van der Waals surface area contributed by atoms with Gasteiger partial charge in [0, 0.05) is 15.3 Å². The van der Waals surface area contributed by atoms with Gasteiger partial charge in [-0.25, -0.2) is 0 Å². The summed E-state index contributed by atoms with van der Waals surface area (Å²) in [5, 5.41) is 13.6. The Morgan fingerprint density at radius 2 is 1.95 bits per heavy atom. The fourth-order valence-electron chi connectivity index (χ4n) is 1.65. The molecular formula is C13H10IN3O3. The fourth-order valence-corrected chi connectivity index (χ4v) is 2.17. The number of nitro benzene ring substituents is 1. The Morgan fingerprint density at radius 1 is 1.25 bits per heavy atom. The first-order valence-electron chi connectivity index (χ1n) is 5.59. The minimum absolute atomic E-state index is 0.0605. The van der Waals surface area contributed by atoms with Gasteiger partial charge in [0.25, 0.3) is 11.6 Å². The summed E-state index contributed by atoms with van der Waals surface area (Å²) in [7, 11) is 0. The van der Waals surface area contributed by atoms with E-state index in [1.54, 1.807) is 12.1 Å². The minimum Gasteiger partial charge on any atom is -0.399 e. The second kappa shape index (κ2) is 5.87. The average Bonchev–Trinajstić information content (AvgIpc) is 2.40. The molecule has 7 heteroatoms. The predicted molar refractivity (Wildman–Crippen MR) is 84.6 cm³/mol. The molecule has 0 spiro atoms. The van der Waals surface area contributed by atoms with Gasteiger partial charge in [-0.2, -0.15) is 0 Å². The van der Waals surface area contributed by atoms with Crippen molar-refractivity contribution < 1.29 is 9.72 Å². The number of nitrogens with one attached hydrogen (secondary N) is 1. The van der Waals surface area contributed by atoms with Crippen LogP contribution in [-0.2, 0) is 0 Å². The van der Waals surface area contributed by atoms with Crippen molar-refractivity contribution in [2.24, 2.45) is 0 Å². The van der Waals surface area contributed by atoms with Crippen LogP contribution in [0.1, 0.15) is 10.4 Å². The number of hydrogen-bond donors (Lipinski definition) is 2.